The number of hydrogen-bond donors (Lipinski definition) is 1. The molecule has 2 aromatic rings. The Hall–Kier alpha value is -2.93. The highest BCUT2D eigenvalue weighted by Gasteiger charge is 2.33. The first kappa shape index (κ1) is 23.8. The number of nitrogens with zero attached hydrogens (tertiary/aromatic N) is 4. The molecule has 3 aliphatic rings. The molecule has 0 radical (unpaired) electrons. The smallest absolute Gasteiger partial charge is 0.219 e. The predicted octanol–water partition coefficient (Wildman–Crippen LogP) is 4.16. The van der Waals surface area contributed by atoms with Crippen LogP contribution in [0.1, 0.15) is 58.4 Å². The molecule has 3 fully saturated rings. The van der Waals surface area contributed by atoms with Gasteiger partial charge in [0.25, 0.3) is 0 Å². The summed E-state index contributed by atoms with van der Waals surface area (Å²) in [4.78, 5) is 26.5. The molecular weight excluding hydrogens is 438 g/mol. The number of rotatable bonds is 3. The number of fused-ring (bicyclic) bond motifs is 1. The van der Waals surface area contributed by atoms with Gasteiger partial charge in [-0.15, -0.1) is 0 Å². The number of likely N-dealkylation sites (tertiary alicyclic amines) is 1. The summed E-state index contributed by atoms with van der Waals surface area (Å²) < 4.78 is 5.52. The summed E-state index contributed by atoms with van der Waals surface area (Å²) >= 11 is 0. The molecule has 0 saturated carbocycles. The molecule has 0 spiro atoms. The number of amides is 1. The highest BCUT2D eigenvalue weighted by atomic mass is 16.5. The highest BCUT2D eigenvalue weighted by molar-refractivity contribution is 6.10. The van der Waals surface area contributed by atoms with E-state index in [1.165, 1.54) is 12.8 Å². The van der Waals surface area contributed by atoms with E-state index in [2.05, 4.69) is 43.0 Å². The summed E-state index contributed by atoms with van der Waals surface area (Å²) in [6.45, 7) is 9.90. The summed E-state index contributed by atoms with van der Waals surface area (Å²) in [6.07, 6.45) is 6.91. The minimum absolute atomic E-state index is 0.0675. The Morgan fingerprint density at radius 3 is 2.74 bits per heavy atom. The van der Waals surface area contributed by atoms with E-state index in [0.717, 1.165) is 72.5 Å². The first-order chi connectivity index (χ1) is 16.8. The van der Waals surface area contributed by atoms with E-state index in [4.69, 9.17) is 20.4 Å². The lowest BCUT2D eigenvalue weighted by molar-refractivity contribution is -0.128. The van der Waals surface area contributed by atoms with Gasteiger partial charge in [-0.05, 0) is 51.0 Å². The van der Waals surface area contributed by atoms with Crippen molar-refractivity contribution in [1.82, 2.24) is 9.88 Å². The number of hydrogen-bond acceptors (Lipinski definition) is 6. The third kappa shape index (κ3) is 4.79. The van der Waals surface area contributed by atoms with Crippen LogP contribution in [-0.2, 0) is 9.53 Å². The van der Waals surface area contributed by atoms with Gasteiger partial charge in [0.05, 0.1) is 6.04 Å². The van der Waals surface area contributed by atoms with Gasteiger partial charge in [-0.3, -0.25) is 9.79 Å². The summed E-state index contributed by atoms with van der Waals surface area (Å²) in [5.41, 5.74) is 10.7. The van der Waals surface area contributed by atoms with Gasteiger partial charge in [-0.1, -0.05) is 18.2 Å². The molecule has 0 bridgehead atoms. The van der Waals surface area contributed by atoms with Gasteiger partial charge in [0, 0.05) is 85.9 Å². The minimum atomic E-state index is 0.0675. The van der Waals surface area contributed by atoms with Crippen molar-refractivity contribution in [3.05, 3.63) is 41.6 Å². The Bertz CT molecular complexity index is 1180. The van der Waals surface area contributed by atoms with Crippen LogP contribution in [0.4, 0.5) is 5.82 Å². The standard InChI is InChI=1S/C28H37N5O2/c1-19(34)32-13-8-25(31-21-9-14-35-15-10-21)24(18-32)27(29)22-7-4-6-20-16-26(30-17-23(20)22)33-12-5-11-28(33,2)3/h4,6-7,16-17,21H,5,8-15,18,29H2,1-3H3. The number of benzene rings is 1. The number of ether oxygens (including phenoxy) is 1. The summed E-state index contributed by atoms with van der Waals surface area (Å²) in [7, 11) is 0. The van der Waals surface area contributed by atoms with Gasteiger partial charge in [-0.25, -0.2) is 4.98 Å². The summed E-state index contributed by atoms with van der Waals surface area (Å²) in [5.74, 6) is 1.09. The number of carbonyl (C=O) groups excluding carboxylic acids is 1. The molecule has 7 nitrogen and oxygen atoms in total. The average Bonchev–Trinajstić information content (AvgIpc) is 3.22. The van der Waals surface area contributed by atoms with Gasteiger partial charge in [0.15, 0.2) is 0 Å². The molecule has 186 valence electrons. The molecule has 4 heterocycles. The second kappa shape index (κ2) is 9.61. The number of pyridine rings is 1. The van der Waals surface area contributed by atoms with Crippen molar-refractivity contribution in [2.45, 2.75) is 64.5 Å². The third-order valence-corrected chi connectivity index (χ3v) is 7.83. The fourth-order valence-electron chi connectivity index (χ4n) is 5.68. The van der Waals surface area contributed by atoms with Gasteiger partial charge in [0.2, 0.25) is 5.91 Å². The second-order valence-electron chi connectivity index (χ2n) is 10.6. The zero-order chi connectivity index (χ0) is 24.6. The van der Waals surface area contributed by atoms with E-state index in [0.29, 0.717) is 18.8 Å². The predicted molar refractivity (Wildman–Crippen MR) is 142 cm³/mol. The summed E-state index contributed by atoms with van der Waals surface area (Å²) in [6, 6.07) is 8.69. The zero-order valence-electron chi connectivity index (χ0n) is 21.2. The van der Waals surface area contributed by atoms with Crippen LogP contribution in [0.3, 0.4) is 0 Å². The lowest BCUT2D eigenvalue weighted by atomic mass is 9.94. The molecule has 1 aromatic heterocycles. The van der Waals surface area contributed by atoms with Gasteiger partial charge < -0.3 is 20.3 Å². The van der Waals surface area contributed by atoms with Gasteiger partial charge >= 0.3 is 0 Å². The van der Waals surface area contributed by atoms with E-state index < -0.39 is 0 Å². The summed E-state index contributed by atoms with van der Waals surface area (Å²) in [5, 5.41) is 2.16. The molecule has 0 unspecified atom stereocenters. The molecular formula is C28H37N5O2. The van der Waals surface area contributed by atoms with Crippen molar-refractivity contribution < 1.29 is 9.53 Å². The molecule has 5 rings (SSSR count). The van der Waals surface area contributed by atoms with E-state index in [-0.39, 0.29) is 17.5 Å². The minimum Gasteiger partial charge on any atom is -0.398 e. The zero-order valence-corrected chi connectivity index (χ0v) is 21.2. The maximum Gasteiger partial charge on any atom is 0.219 e. The van der Waals surface area contributed by atoms with Crippen LogP contribution in [0, 0.1) is 0 Å². The largest absolute Gasteiger partial charge is 0.398 e. The first-order valence-corrected chi connectivity index (χ1v) is 12.9. The maximum atomic E-state index is 12.2. The monoisotopic (exact) mass is 475 g/mol. The molecule has 3 saturated heterocycles. The van der Waals surface area contributed by atoms with Crippen molar-refractivity contribution in [1.29, 1.82) is 0 Å². The molecule has 3 aliphatic heterocycles. The Morgan fingerprint density at radius 1 is 1.23 bits per heavy atom. The van der Waals surface area contributed by atoms with Crippen LogP contribution in [0.15, 0.2) is 41.0 Å². The molecule has 7 heteroatoms. The van der Waals surface area contributed by atoms with E-state index in [9.17, 15) is 4.79 Å². The van der Waals surface area contributed by atoms with Crippen LogP contribution in [-0.4, -0.2) is 65.9 Å². The van der Waals surface area contributed by atoms with E-state index in [1.54, 1.807) is 6.92 Å². The van der Waals surface area contributed by atoms with E-state index in [1.807, 2.05) is 11.1 Å². The van der Waals surface area contributed by atoms with Crippen molar-refractivity contribution >= 4 is 33.9 Å². The Labute approximate surface area is 208 Å². The first-order valence-electron chi connectivity index (χ1n) is 12.9. The number of carbonyl (C=O) groups is 1. The van der Waals surface area contributed by atoms with Gasteiger partial charge in [-0.2, -0.15) is 0 Å². The van der Waals surface area contributed by atoms with Crippen LogP contribution >= 0.6 is 0 Å². The molecule has 1 aromatic carbocycles. The van der Waals surface area contributed by atoms with Crippen molar-refractivity contribution in [2.75, 3.05) is 37.7 Å². The average molecular weight is 476 g/mol. The van der Waals surface area contributed by atoms with Crippen LogP contribution in [0.2, 0.25) is 0 Å². The lowest BCUT2D eigenvalue weighted by Crippen LogP contribution is -2.40. The molecule has 2 N–H and O–H groups in total. The quantitative estimate of drug-likeness (QED) is 0.721. The highest BCUT2D eigenvalue weighted by Crippen LogP contribution is 2.35. The molecule has 0 aliphatic carbocycles. The lowest BCUT2D eigenvalue weighted by Gasteiger charge is -2.33. The van der Waals surface area contributed by atoms with Crippen LogP contribution in [0.5, 0.6) is 0 Å². The number of aliphatic imine (C=N–C) groups is 1. The van der Waals surface area contributed by atoms with Crippen molar-refractivity contribution in [3.8, 4) is 0 Å². The second-order valence-corrected chi connectivity index (χ2v) is 10.6. The Balaban J connectivity index is 1.56. The van der Waals surface area contributed by atoms with E-state index >= 15 is 0 Å². The van der Waals surface area contributed by atoms with Gasteiger partial charge in [0.1, 0.15) is 5.82 Å². The number of anilines is 1. The normalized spacial score (nSPS) is 23.8. The number of piperidine rings is 1. The van der Waals surface area contributed by atoms with Crippen LogP contribution < -0.4 is 10.6 Å². The third-order valence-electron chi connectivity index (χ3n) is 7.83. The van der Waals surface area contributed by atoms with Crippen LogP contribution in [0.25, 0.3) is 16.5 Å². The maximum absolute atomic E-state index is 12.2. The Morgan fingerprint density at radius 2 is 2.03 bits per heavy atom. The van der Waals surface area contributed by atoms with Crippen molar-refractivity contribution in [2.24, 2.45) is 10.7 Å². The fraction of sp³-hybridized carbons (Fsp3) is 0.536. The number of aromatic nitrogens is 1. The SMILES string of the molecule is CC(=O)N1CCC(=NC2CCOCC2)C(=C(N)c2cccc3cc(N4CCCC4(C)C)ncc23)C1. The molecule has 35 heavy (non-hydrogen) atoms. The molecule has 1 amide bonds. The molecule has 0 atom stereocenters. The topological polar surface area (TPSA) is 84.0 Å². The van der Waals surface area contributed by atoms with Crippen molar-refractivity contribution in [3.63, 3.8) is 0 Å². The fourth-order valence-corrected chi connectivity index (χ4v) is 5.68. The number of nitrogens with two attached hydrogens (primary N) is 1. The Kier molecular flexibility index (Phi) is 6.53.